The number of hydrogen-bond donors (Lipinski definition) is 2. The molecule has 0 bridgehead atoms. The second kappa shape index (κ2) is 12.7. The van der Waals surface area contributed by atoms with Crippen LogP contribution in [-0.2, 0) is 14.3 Å². The Hall–Kier alpha value is -2.83. The fraction of sp³-hybridized carbons (Fsp3) is 0.304. The van der Waals surface area contributed by atoms with Crippen LogP contribution in [0.2, 0.25) is 5.02 Å². The van der Waals surface area contributed by atoms with Gasteiger partial charge in [-0.2, -0.15) is 0 Å². The number of carboxylic acids is 1. The number of ether oxygens (including phenoxy) is 1. The van der Waals surface area contributed by atoms with Crippen molar-refractivity contribution in [2.45, 2.75) is 25.8 Å². The van der Waals surface area contributed by atoms with Gasteiger partial charge in [-0.3, -0.25) is 4.79 Å². The van der Waals surface area contributed by atoms with E-state index < -0.39 is 12.0 Å². The third-order valence-corrected chi connectivity index (χ3v) is 4.69. The van der Waals surface area contributed by atoms with Gasteiger partial charge < -0.3 is 19.7 Å². The first-order chi connectivity index (χ1) is 14.5. The number of H-pyrrole nitrogens is 1. The third kappa shape index (κ3) is 7.54. The molecule has 7 heteroatoms. The van der Waals surface area contributed by atoms with E-state index in [1.54, 1.807) is 0 Å². The van der Waals surface area contributed by atoms with E-state index in [1.165, 1.54) is 15.8 Å². The number of rotatable bonds is 4. The lowest BCUT2D eigenvalue weighted by molar-refractivity contribution is -0.157. The highest BCUT2D eigenvalue weighted by Crippen LogP contribution is 2.11. The summed E-state index contributed by atoms with van der Waals surface area (Å²) in [4.78, 5) is 26.8. The van der Waals surface area contributed by atoms with Crippen LogP contribution in [0.5, 0.6) is 0 Å². The molecule has 6 nitrogen and oxygen atoms in total. The summed E-state index contributed by atoms with van der Waals surface area (Å²) in [5.41, 5.74) is 1.21. The highest BCUT2D eigenvalue weighted by Gasteiger charge is 2.30. The lowest BCUT2D eigenvalue weighted by Crippen LogP contribution is -2.50. The average molecular weight is 431 g/mol. The molecule has 3 aromatic rings. The molecule has 160 valence electrons. The van der Waals surface area contributed by atoms with Crippen molar-refractivity contribution in [1.29, 1.82) is 0 Å². The Morgan fingerprint density at radius 1 is 1.17 bits per heavy atom. The van der Waals surface area contributed by atoms with E-state index in [1.807, 2.05) is 55.6 Å². The number of benzene rings is 2. The van der Waals surface area contributed by atoms with E-state index in [2.05, 4.69) is 23.2 Å². The molecule has 1 amide bonds. The maximum Gasteiger partial charge on any atom is 0.326 e. The number of nitrogens with zero attached hydrogens (tertiary/aromatic N) is 1. The lowest BCUT2D eigenvalue weighted by atomic mass is 10.1. The van der Waals surface area contributed by atoms with Crippen molar-refractivity contribution < 1.29 is 19.4 Å². The van der Waals surface area contributed by atoms with E-state index in [-0.39, 0.29) is 12.5 Å². The van der Waals surface area contributed by atoms with Gasteiger partial charge in [-0.15, -0.1) is 0 Å². The van der Waals surface area contributed by atoms with Crippen molar-refractivity contribution >= 4 is 34.4 Å². The molecule has 2 aromatic carbocycles. The SMILES string of the molecule is CCCC(C(=O)O)N1CCOCC1=O.Clc1ccccc1.c1ccc2[nH]ccc2c1. The summed E-state index contributed by atoms with van der Waals surface area (Å²) in [6, 6.07) is 19.0. The van der Waals surface area contributed by atoms with Gasteiger partial charge in [0.2, 0.25) is 5.91 Å². The van der Waals surface area contributed by atoms with Gasteiger partial charge in [0.15, 0.2) is 0 Å². The quantitative estimate of drug-likeness (QED) is 0.633. The largest absolute Gasteiger partial charge is 0.480 e. The first-order valence-electron chi connectivity index (χ1n) is 9.85. The highest BCUT2D eigenvalue weighted by atomic mass is 35.5. The summed E-state index contributed by atoms with van der Waals surface area (Å²) in [6.45, 7) is 2.73. The molecule has 1 aliphatic rings. The van der Waals surface area contributed by atoms with Gasteiger partial charge in [-0.05, 0) is 36.1 Å². The first-order valence-corrected chi connectivity index (χ1v) is 10.2. The van der Waals surface area contributed by atoms with Gasteiger partial charge in [-0.1, -0.05) is 61.3 Å². The number of halogens is 1. The molecular formula is C23H27ClN2O4. The molecule has 1 unspecified atom stereocenters. The molecule has 4 rings (SSSR count). The van der Waals surface area contributed by atoms with E-state index in [9.17, 15) is 9.59 Å². The molecule has 1 saturated heterocycles. The van der Waals surface area contributed by atoms with Crippen LogP contribution >= 0.6 is 11.6 Å². The Morgan fingerprint density at radius 3 is 2.43 bits per heavy atom. The molecule has 0 spiro atoms. The Morgan fingerprint density at radius 2 is 1.87 bits per heavy atom. The Labute approximate surface area is 181 Å². The number of fused-ring (bicyclic) bond motifs is 1. The second-order valence-corrected chi connectivity index (χ2v) is 7.08. The number of aromatic amines is 1. The van der Waals surface area contributed by atoms with E-state index in [0.29, 0.717) is 19.6 Å². The van der Waals surface area contributed by atoms with Crippen LogP contribution in [-0.4, -0.2) is 52.7 Å². The average Bonchev–Trinajstić information content (AvgIpc) is 3.23. The van der Waals surface area contributed by atoms with Gasteiger partial charge in [-0.25, -0.2) is 4.79 Å². The zero-order valence-electron chi connectivity index (χ0n) is 17.0. The van der Waals surface area contributed by atoms with Crippen molar-refractivity contribution in [3.63, 3.8) is 0 Å². The normalized spacial score (nSPS) is 14.2. The fourth-order valence-corrected chi connectivity index (χ4v) is 3.10. The van der Waals surface area contributed by atoms with Crippen molar-refractivity contribution in [3.8, 4) is 0 Å². The second-order valence-electron chi connectivity index (χ2n) is 6.64. The predicted molar refractivity (Wildman–Crippen MR) is 119 cm³/mol. The predicted octanol–water partition coefficient (Wildman–Crippen LogP) is 4.61. The number of carbonyl (C=O) groups is 2. The lowest BCUT2D eigenvalue weighted by Gasteiger charge is -2.31. The summed E-state index contributed by atoms with van der Waals surface area (Å²) in [5, 5.41) is 11.0. The van der Waals surface area contributed by atoms with Crippen LogP contribution in [0.1, 0.15) is 19.8 Å². The van der Waals surface area contributed by atoms with Crippen molar-refractivity contribution in [3.05, 3.63) is 71.9 Å². The maximum absolute atomic E-state index is 11.4. The molecular weight excluding hydrogens is 404 g/mol. The molecule has 0 radical (unpaired) electrons. The minimum atomic E-state index is -0.929. The summed E-state index contributed by atoms with van der Waals surface area (Å²) < 4.78 is 4.94. The molecule has 1 aromatic heterocycles. The topological polar surface area (TPSA) is 82.6 Å². The number of amides is 1. The van der Waals surface area contributed by atoms with Crippen LogP contribution in [0.15, 0.2) is 66.9 Å². The monoisotopic (exact) mass is 430 g/mol. The Kier molecular flexibility index (Phi) is 9.91. The van der Waals surface area contributed by atoms with Crippen LogP contribution in [0.25, 0.3) is 10.9 Å². The molecule has 1 fully saturated rings. The third-order valence-electron chi connectivity index (χ3n) is 4.44. The smallest absolute Gasteiger partial charge is 0.326 e. The van der Waals surface area contributed by atoms with Gasteiger partial charge in [0, 0.05) is 23.3 Å². The zero-order valence-corrected chi connectivity index (χ0v) is 17.7. The highest BCUT2D eigenvalue weighted by molar-refractivity contribution is 6.30. The van der Waals surface area contributed by atoms with Crippen molar-refractivity contribution in [2.24, 2.45) is 0 Å². The number of hydrogen-bond acceptors (Lipinski definition) is 3. The number of aliphatic carboxylic acids is 1. The molecule has 1 atom stereocenters. The van der Waals surface area contributed by atoms with Crippen LogP contribution < -0.4 is 0 Å². The van der Waals surface area contributed by atoms with E-state index in [4.69, 9.17) is 21.4 Å². The van der Waals surface area contributed by atoms with Gasteiger partial charge in [0.25, 0.3) is 0 Å². The molecule has 0 saturated carbocycles. The van der Waals surface area contributed by atoms with Crippen LogP contribution in [0.4, 0.5) is 0 Å². The number of morpholine rings is 1. The van der Waals surface area contributed by atoms with Crippen molar-refractivity contribution in [1.82, 2.24) is 9.88 Å². The van der Waals surface area contributed by atoms with Crippen LogP contribution in [0, 0.1) is 0 Å². The summed E-state index contributed by atoms with van der Waals surface area (Å²) in [6.07, 6.45) is 3.20. The van der Waals surface area contributed by atoms with E-state index in [0.717, 1.165) is 11.4 Å². The molecule has 0 aliphatic carbocycles. The number of nitrogens with one attached hydrogen (secondary N) is 1. The van der Waals surface area contributed by atoms with Crippen LogP contribution in [0.3, 0.4) is 0 Å². The zero-order chi connectivity index (χ0) is 21.8. The maximum atomic E-state index is 11.4. The minimum absolute atomic E-state index is 0.00743. The standard InChI is InChI=1S/C9H15NO4.C8H7N.C6H5Cl/c1-2-3-7(9(12)13)10-4-5-14-6-8(10)11;1-2-4-8-7(3-1)5-6-9-8;7-6-4-2-1-3-5-6/h7H,2-6H2,1H3,(H,12,13);1-6,9H;1-5H. The summed E-state index contributed by atoms with van der Waals surface area (Å²) in [7, 11) is 0. The summed E-state index contributed by atoms with van der Waals surface area (Å²) >= 11 is 5.54. The molecule has 1 aliphatic heterocycles. The molecule has 30 heavy (non-hydrogen) atoms. The minimum Gasteiger partial charge on any atom is -0.480 e. The number of aromatic nitrogens is 1. The van der Waals surface area contributed by atoms with Crippen molar-refractivity contribution in [2.75, 3.05) is 19.8 Å². The van der Waals surface area contributed by atoms with Gasteiger partial charge >= 0.3 is 5.97 Å². The first kappa shape index (κ1) is 23.4. The Bertz CT molecular complexity index is 881. The molecule has 2 N–H and O–H groups in total. The number of para-hydroxylation sites is 1. The van der Waals surface area contributed by atoms with Gasteiger partial charge in [0.1, 0.15) is 12.6 Å². The number of carbonyl (C=O) groups excluding carboxylic acids is 1. The molecule has 2 heterocycles. The summed E-state index contributed by atoms with van der Waals surface area (Å²) in [5.74, 6) is -1.15. The number of carboxylic acid groups (broad SMARTS) is 1. The van der Waals surface area contributed by atoms with Gasteiger partial charge in [0.05, 0.1) is 6.61 Å². The Balaban J connectivity index is 0.000000171. The van der Waals surface area contributed by atoms with E-state index >= 15 is 0 Å². The fourth-order valence-electron chi connectivity index (χ4n) is 2.96.